The van der Waals surface area contributed by atoms with Crippen molar-refractivity contribution >= 4 is 12.1 Å². The van der Waals surface area contributed by atoms with Crippen LogP contribution in [0.4, 0.5) is 4.79 Å². The first kappa shape index (κ1) is 14.5. The van der Waals surface area contributed by atoms with Gasteiger partial charge in [0.05, 0.1) is 6.61 Å². The van der Waals surface area contributed by atoms with Crippen LogP contribution in [0.25, 0.3) is 0 Å². The van der Waals surface area contributed by atoms with E-state index >= 15 is 0 Å². The van der Waals surface area contributed by atoms with E-state index in [2.05, 4.69) is 6.58 Å². The zero-order chi connectivity index (χ0) is 13.9. The molecule has 102 valence electrons. The van der Waals surface area contributed by atoms with Crippen molar-refractivity contribution in [2.75, 3.05) is 13.2 Å². The summed E-state index contributed by atoms with van der Waals surface area (Å²) in [5, 5.41) is 0. The maximum Gasteiger partial charge on any atom is 0.411 e. The third-order valence-corrected chi connectivity index (χ3v) is 2.51. The SMILES string of the molecule is C=C1CCN(C(=O)OC(C)(C)C)[C@@H]1C(=O)OCC. The second kappa shape index (κ2) is 5.42. The van der Waals surface area contributed by atoms with Crippen LogP contribution in [0, 0.1) is 0 Å². The number of rotatable bonds is 2. The Hall–Kier alpha value is -1.52. The summed E-state index contributed by atoms with van der Waals surface area (Å²) in [7, 11) is 0. The second-order valence-electron chi connectivity index (χ2n) is 5.24. The van der Waals surface area contributed by atoms with Gasteiger partial charge in [-0.1, -0.05) is 6.58 Å². The molecule has 0 N–H and O–H groups in total. The van der Waals surface area contributed by atoms with E-state index in [0.29, 0.717) is 18.5 Å². The molecule has 18 heavy (non-hydrogen) atoms. The summed E-state index contributed by atoms with van der Waals surface area (Å²) in [6, 6.07) is -0.709. The minimum atomic E-state index is -0.709. The highest BCUT2D eigenvalue weighted by molar-refractivity contribution is 5.85. The predicted octanol–water partition coefficient (Wildman–Crippen LogP) is 2.12. The molecule has 1 heterocycles. The third-order valence-electron chi connectivity index (χ3n) is 2.51. The molecule has 5 nitrogen and oxygen atoms in total. The summed E-state index contributed by atoms with van der Waals surface area (Å²) in [5.74, 6) is -0.439. The minimum absolute atomic E-state index is 0.283. The van der Waals surface area contributed by atoms with Crippen LogP contribution in [-0.4, -0.2) is 41.8 Å². The number of carbonyl (C=O) groups excluding carboxylic acids is 2. The molecule has 0 aromatic carbocycles. The average molecular weight is 255 g/mol. The van der Waals surface area contributed by atoms with Gasteiger partial charge < -0.3 is 9.47 Å². The fourth-order valence-electron chi connectivity index (χ4n) is 1.78. The number of hydrogen-bond acceptors (Lipinski definition) is 4. The van der Waals surface area contributed by atoms with Crippen molar-refractivity contribution in [1.82, 2.24) is 4.90 Å². The van der Waals surface area contributed by atoms with Crippen LogP contribution in [0.2, 0.25) is 0 Å². The fraction of sp³-hybridized carbons (Fsp3) is 0.692. The Bertz CT molecular complexity index is 356. The number of carbonyl (C=O) groups is 2. The zero-order valence-corrected chi connectivity index (χ0v) is 11.5. The van der Waals surface area contributed by atoms with Gasteiger partial charge in [-0.3, -0.25) is 4.90 Å². The van der Waals surface area contributed by atoms with E-state index in [-0.39, 0.29) is 6.61 Å². The highest BCUT2D eigenvalue weighted by atomic mass is 16.6. The van der Waals surface area contributed by atoms with Crippen LogP contribution in [0.3, 0.4) is 0 Å². The lowest BCUT2D eigenvalue weighted by molar-refractivity contribution is -0.147. The first-order chi connectivity index (χ1) is 8.26. The smallest absolute Gasteiger partial charge is 0.411 e. The van der Waals surface area contributed by atoms with Crippen molar-refractivity contribution < 1.29 is 19.1 Å². The van der Waals surface area contributed by atoms with Crippen LogP contribution in [0.15, 0.2) is 12.2 Å². The van der Waals surface area contributed by atoms with Gasteiger partial charge >= 0.3 is 12.1 Å². The van der Waals surface area contributed by atoms with Gasteiger partial charge in [0.1, 0.15) is 5.60 Å². The van der Waals surface area contributed by atoms with Crippen molar-refractivity contribution in [2.45, 2.75) is 45.8 Å². The molecular weight excluding hydrogens is 234 g/mol. The molecule has 1 amide bonds. The third kappa shape index (κ3) is 3.48. The van der Waals surface area contributed by atoms with Crippen molar-refractivity contribution in [3.63, 3.8) is 0 Å². The van der Waals surface area contributed by atoms with Crippen LogP contribution < -0.4 is 0 Å². The van der Waals surface area contributed by atoms with E-state index in [9.17, 15) is 9.59 Å². The van der Waals surface area contributed by atoms with E-state index in [1.165, 1.54) is 4.90 Å². The largest absolute Gasteiger partial charge is 0.464 e. The van der Waals surface area contributed by atoms with Crippen LogP contribution in [0.5, 0.6) is 0 Å². The molecule has 0 saturated carbocycles. The first-order valence-electron chi connectivity index (χ1n) is 6.10. The Labute approximate surface area is 108 Å². The molecule has 0 aromatic heterocycles. The van der Waals surface area contributed by atoms with Crippen molar-refractivity contribution in [2.24, 2.45) is 0 Å². The summed E-state index contributed by atoms with van der Waals surface area (Å²) in [4.78, 5) is 25.2. The lowest BCUT2D eigenvalue weighted by Gasteiger charge is -2.27. The van der Waals surface area contributed by atoms with Gasteiger partial charge in [-0.05, 0) is 39.7 Å². The first-order valence-corrected chi connectivity index (χ1v) is 6.10. The standard InChI is InChI=1S/C13H21NO4/c1-6-17-11(15)10-9(2)7-8-14(10)12(16)18-13(3,4)5/h10H,2,6-8H2,1,3-5H3/t10-/m0/s1. The van der Waals surface area contributed by atoms with Crippen LogP contribution in [0.1, 0.15) is 34.1 Å². The number of nitrogens with zero attached hydrogens (tertiary/aromatic N) is 1. The molecule has 1 aliphatic heterocycles. The highest BCUT2D eigenvalue weighted by Gasteiger charge is 2.39. The van der Waals surface area contributed by atoms with Gasteiger partial charge in [0.15, 0.2) is 6.04 Å². The maximum absolute atomic E-state index is 12.0. The van der Waals surface area contributed by atoms with E-state index in [4.69, 9.17) is 9.47 Å². The molecule has 0 radical (unpaired) electrons. The lowest BCUT2D eigenvalue weighted by Crippen LogP contribution is -2.44. The second-order valence-corrected chi connectivity index (χ2v) is 5.24. The van der Waals surface area contributed by atoms with Crippen molar-refractivity contribution in [3.8, 4) is 0 Å². The van der Waals surface area contributed by atoms with Crippen molar-refractivity contribution in [3.05, 3.63) is 12.2 Å². The van der Waals surface area contributed by atoms with Gasteiger partial charge in [0, 0.05) is 6.54 Å². The molecule has 1 saturated heterocycles. The Morgan fingerprint density at radius 3 is 2.56 bits per heavy atom. The molecule has 0 aliphatic carbocycles. The number of hydrogen-bond donors (Lipinski definition) is 0. The van der Waals surface area contributed by atoms with E-state index < -0.39 is 23.7 Å². The van der Waals surface area contributed by atoms with E-state index in [1.54, 1.807) is 27.7 Å². The predicted molar refractivity (Wildman–Crippen MR) is 67.1 cm³/mol. The number of ether oxygens (including phenoxy) is 2. The van der Waals surface area contributed by atoms with E-state index in [0.717, 1.165) is 0 Å². The lowest BCUT2D eigenvalue weighted by atomic mass is 10.1. The quantitative estimate of drug-likeness (QED) is 0.560. The number of likely N-dealkylation sites (tertiary alicyclic amines) is 1. The summed E-state index contributed by atoms with van der Waals surface area (Å²) in [6.45, 7) is 11.6. The van der Waals surface area contributed by atoms with E-state index in [1.807, 2.05) is 0 Å². The molecule has 1 aliphatic rings. The van der Waals surface area contributed by atoms with Crippen LogP contribution in [-0.2, 0) is 14.3 Å². The van der Waals surface area contributed by atoms with Gasteiger partial charge in [0.2, 0.25) is 0 Å². The average Bonchev–Trinajstić information content (AvgIpc) is 2.58. The monoisotopic (exact) mass is 255 g/mol. The normalized spacial score (nSPS) is 19.9. The molecule has 1 rings (SSSR count). The number of amides is 1. The van der Waals surface area contributed by atoms with Gasteiger partial charge in [-0.25, -0.2) is 9.59 Å². The Morgan fingerprint density at radius 1 is 1.44 bits per heavy atom. The molecule has 1 atom stereocenters. The highest BCUT2D eigenvalue weighted by Crippen LogP contribution is 2.25. The van der Waals surface area contributed by atoms with Gasteiger partial charge in [-0.15, -0.1) is 0 Å². The molecule has 1 fully saturated rings. The molecule has 0 bridgehead atoms. The van der Waals surface area contributed by atoms with Gasteiger partial charge in [0.25, 0.3) is 0 Å². The number of esters is 1. The van der Waals surface area contributed by atoms with Crippen molar-refractivity contribution in [1.29, 1.82) is 0 Å². The molecule has 0 unspecified atom stereocenters. The zero-order valence-electron chi connectivity index (χ0n) is 11.5. The summed E-state index contributed by atoms with van der Waals surface area (Å²) in [5.41, 5.74) is 0.111. The summed E-state index contributed by atoms with van der Waals surface area (Å²) < 4.78 is 10.2. The Balaban J connectivity index is 2.78. The maximum atomic E-state index is 12.0. The summed E-state index contributed by atoms with van der Waals surface area (Å²) in [6.07, 6.45) is 0.0992. The fourth-order valence-corrected chi connectivity index (χ4v) is 1.78. The Kier molecular flexibility index (Phi) is 4.38. The molecule has 0 aromatic rings. The Morgan fingerprint density at radius 2 is 2.06 bits per heavy atom. The van der Waals surface area contributed by atoms with Gasteiger partial charge in [-0.2, -0.15) is 0 Å². The molecular formula is C13H21NO4. The molecule has 5 heteroatoms. The minimum Gasteiger partial charge on any atom is -0.464 e. The van der Waals surface area contributed by atoms with Crippen LogP contribution >= 0.6 is 0 Å². The topological polar surface area (TPSA) is 55.8 Å². The summed E-state index contributed by atoms with van der Waals surface area (Å²) >= 11 is 0. The molecule has 0 spiro atoms.